The Morgan fingerprint density at radius 2 is 2.10 bits per heavy atom. The van der Waals surface area contributed by atoms with Crippen LogP contribution in [0.3, 0.4) is 0 Å². The average Bonchev–Trinajstić information content (AvgIpc) is 2.46. The minimum absolute atomic E-state index is 0.0289. The van der Waals surface area contributed by atoms with E-state index in [2.05, 4.69) is 31.1 Å². The Balaban J connectivity index is 3.01. The first-order valence-electron chi connectivity index (χ1n) is 7.75. The number of unbranched alkanes of at least 4 members (excludes halogenated alkanes) is 1. The van der Waals surface area contributed by atoms with E-state index in [1.807, 2.05) is 11.8 Å². The first-order chi connectivity index (χ1) is 10.0. The number of amides is 1. The number of nitrogens with zero attached hydrogens (tertiary/aromatic N) is 2. The van der Waals surface area contributed by atoms with E-state index in [0.29, 0.717) is 16.5 Å². The number of anilines is 1. The molecule has 4 nitrogen and oxygen atoms in total. The van der Waals surface area contributed by atoms with Gasteiger partial charge in [0.2, 0.25) is 0 Å². The Kier molecular flexibility index (Phi) is 7.51. The van der Waals surface area contributed by atoms with Crippen molar-refractivity contribution in [3.8, 4) is 0 Å². The lowest BCUT2D eigenvalue weighted by Gasteiger charge is -2.29. The second-order valence-corrected chi connectivity index (χ2v) is 5.59. The summed E-state index contributed by atoms with van der Waals surface area (Å²) in [6.45, 7) is 9.82. The van der Waals surface area contributed by atoms with Crippen LogP contribution in [0.4, 0.5) is 5.82 Å². The molecule has 0 saturated heterocycles. The maximum Gasteiger partial charge on any atom is 0.254 e. The van der Waals surface area contributed by atoms with E-state index in [1.165, 1.54) is 0 Å². The van der Waals surface area contributed by atoms with Crippen LogP contribution in [0.25, 0.3) is 0 Å². The number of halogens is 1. The Morgan fingerprint density at radius 1 is 1.38 bits per heavy atom. The van der Waals surface area contributed by atoms with Crippen molar-refractivity contribution < 1.29 is 4.79 Å². The Morgan fingerprint density at radius 3 is 2.67 bits per heavy atom. The van der Waals surface area contributed by atoms with Crippen LogP contribution in [0.15, 0.2) is 12.1 Å². The van der Waals surface area contributed by atoms with Crippen LogP contribution in [-0.4, -0.2) is 34.9 Å². The number of hydrogen-bond acceptors (Lipinski definition) is 3. The third-order valence-electron chi connectivity index (χ3n) is 3.54. The van der Waals surface area contributed by atoms with Crippen LogP contribution in [0.5, 0.6) is 0 Å². The van der Waals surface area contributed by atoms with Crippen molar-refractivity contribution in [1.29, 1.82) is 0 Å². The largest absolute Gasteiger partial charge is 0.370 e. The molecule has 0 aromatic carbocycles. The Bertz CT molecular complexity index is 465. The average molecular weight is 312 g/mol. The van der Waals surface area contributed by atoms with Crippen molar-refractivity contribution in [2.24, 2.45) is 0 Å². The molecule has 1 rings (SSSR count). The predicted molar refractivity (Wildman–Crippen MR) is 89.1 cm³/mol. The zero-order valence-electron chi connectivity index (χ0n) is 13.4. The van der Waals surface area contributed by atoms with Crippen molar-refractivity contribution in [3.05, 3.63) is 22.8 Å². The molecule has 0 bridgehead atoms. The summed E-state index contributed by atoms with van der Waals surface area (Å²) in [4.78, 5) is 18.9. The van der Waals surface area contributed by atoms with E-state index in [0.717, 1.165) is 32.4 Å². The number of aromatic nitrogens is 1. The SMILES string of the molecule is CCCCN(C(=O)c1cc(Cl)nc(NCC)c1)C(C)CC. The summed E-state index contributed by atoms with van der Waals surface area (Å²) < 4.78 is 0. The molecule has 1 unspecified atom stereocenters. The summed E-state index contributed by atoms with van der Waals surface area (Å²) >= 11 is 6.03. The van der Waals surface area contributed by atoms with Gasteiger partial charge in [0.15, 0.2) is 0 Å². The highest BCUT2D eigenvalue weighted by molar-refractivity contribution is 6.29. The molecule has 0 spiro atoms. The van der Waals surface area contributed by atoms with E-state index in [9.17, 15) is 4.79 Å². The van der Waals surface area contributed by atoms with Crippen LogP contribution in [0, 0.1) is 0 Å². The molecule has 0 saturated carbocycles. The molecular formula is C16H26ClN3O. The van der Waals surface area contributed by atoms with Crippen molar-refractivity contribution in [2.75, 3.05) is 18.4 Å². The molecule has 1 aromatic rings. The molecule has 21 heavy (non-hydrogen) atoms. The maximum atomic E-state index is 12.8. The van der Waals surface area contributed by atoms with Crippen LogP contribution < -0.4 is 5.32 Å². The van der Waals surface area contributed by atoms with Gasteiger partial charge in [-0.3, -0.25) is 4.79 Å². The molecule has 1 atom stereocenters. The summed E-state index contributed by atoms with van der Waals surface area (Å²) in [6, 6.07) is 3.64. The van der Waals surface area contributed by atoms with Crippen LogP contribution >= 0.6 is 11.6 Å². The smallest absolute Gasteiger partial charge is 0.254 e. The standard InChI is InChI=1S/C16H26ClN3O/c1-5-8-9-20(12(4)6-2)16(21)13-10-14(17)19-15(11-13)18-7-3/h10-12H,5-9H2,1-4H3,(H,18,19). The van der Waals surface area contributed by atoms with Crippen molar-refractivity contribution >= 4 is 23.3 Å². The topological polar surface area (TPSA) is 45.2 Å². The summed E-state index contributed by atoms with van der Waals surface area (Å²) in [5.41, 5.74) is 0.599. The van der Waals surface area contributed by atoms with E-state index in [4.69, 9.17) is 11.6 Å². The van der Waals surface area contributed by atoms with Gasteiger partial charge in [-0.2, -0.15) is 0 Å². The van der Waals surface area contributed by atoms with Gasteiger partial charge in [-0.05, 0) is 38.8 Å². The highest BCUT2D eigenvalue weighted by Crippen LogP contribution is 2.18. The van der Waals surface area contributed by atoms with E-state index in [1.54, 1.807) is 12.1 Å². The van der Waals surface area contributed by atoms with E-state index in [-0.39, 0.29) is 11.9 Å². The first kappa shape index (κ1) is 17.8. The molecule has 1 amide bonds. The first-order valence-corrected chi connectivity index (χ1v) is 8.13. The minimum Gasteiger partial charge on any atom is -0.370 e. The fourth-order valence-electron chi connectivity index (χ4n) is 2.13. The van der Waals surface area contributed by atoms with Crippen LogP contribution in [-0.2, 0) is 0 Å². The summed E-state index contributed by atoms with van der Waals surface area (Å²) in [6.07, 6.45) is 3.02. The zero-order chi connectivity index (χ0) is 15.8. The summed E-state index contributed by atoms with van der Waals surface area (Å²) in [7, 11) is 0. The molecule has 0 aliphatic carbocycles. The minimum atomic E-state index is 0.0289. The summed E-state index contributed by atoms with van der Waals surface area (Å²) in [5.74, 6) is 0.675. The quantitative estimate of drug-likeness (QED) is 0.732. The third kappa shape index (κ3) is 5.20. The molecule has 0 radical (unpaired) electrons. The lowest BCUT2D eigenvalue weighted by Crippen LogP contribution is -2.39. The highest BCUT2D eigenvalue weighted by Gasteiger charge is 2.21. The van der Waals surface area contributed by atoms with Gasteiger partial charge < -0.3 is 10.2 Å². The monoisotopic (exact) mass is 311 g/mol. The Labute approximate surface area is 132 Å². The molecular weight excluding hydrogens is 286 g/mol. The molecule has 0 fully saturated rings. The lowest BCUT2D eigenvalue weighted by atomic mass is 10.1. The van der Waals surface area contributed by atoms with Crippen LogP contribution in [0.1, 0.15) is 57.3 Å². The van der Waals surface area contributed by atoms with Gasteiger partial charge in [-0.1, -0.05) is 31.9 Å². The normalized spacial score (nSPS) is 12.0. The number of pyridine rings is 1. The Hall–Kier alpha value is -1.29. The second kappa shape index (κ2) is 8.88. The third-order valence-corrected chi connectivity index (χ3v) is 3.73. The van der Waals surface area contributed by atoms with Gasteiger partial charge in [-0.15, -0.1) is 0 Å². The van der Waals surface area contributed by atoms with Crippen LogP contribution in [0.2, 0.25) is 5.15 Å². The molecule has 5 heteroatoms. The fraction of sp³-hybridized carbons (Fsp3) is 0.625. The highest BCUT2D eigenvalue weighted by atomic mass is 35.5. The number of carbonyl (C=O) groups is 1. The number of carbonyl (C=O) groups excluding carboxylic acids is 1. The van der Waals surface area contributed by atoms with Crippen molar-refractivity contribution in [3.63, 3.8) is 0 Å². The maximum absolute atomic E-state index is 12.8. The van der Waals surface area contributed by atoms with Gasteiger partial charge in [0, 0.05) is 24.7 Å². The van der Waals surface area contributed by atoms with Gasteiger partial charge >= 0.3 is 0 Å². The lowest BCUT2D eigenvalue weighted by molar-refractivity contribution is 0.0685. The van der Waals surface area contributed by atoms with Gasteiger partial charge in [0.05, 0.1) is 0 Å². The number of hydrogen-bond donors (Lipinski definition) is 1. The summed E-state index contributed by atoms with van der Waals surface area (Å²) in [5, 5.41) is 3.45. The second-order valence-electron chi connectivity index (χ2n) is 5.20. The molecule has 1 N–H and O–H groups in total. The number of nitrogens with one attached hydrogen (secondary N) is 1. The molecule has 0 aliphatic rings. The van der Waals surface area contributed by atoms with Gasteiger partial charge in [0.1, 0.15) is 11.0 Å². The zero-order valence-corrected chi connectivity index (χ0v) is 14.2. The van der Waals surface area contributed by atoms with Gasteiger partial charge in [-0.25, -0.2) is 4.98 Å². The molecule has 118 valence electrons. The van der Waals surface area contributed by atoms with E-state index >= 15 is 0 Å². The van der Waals surface area contributed by atoms with Gasteiger partial charge in [0.25, 0.3) is 5.91 Å². The van der Waals surface area contributed by atoms with Crippen molar-refractivity contribution in [1.82, 2.24) is 9.88 Å². The number of rotatable bonds is 8. The molecule has 1 heterocycles. The predicted octanol–water partition coefficient (Wildman–Crippen LogP) is 4.21. The fourth-order valence-corrected chi connectivity index (χ4v) is 2.34. The molecule has 0 aliphatic heterocycles. The van der Waals surface area contributed by atoms with Crippen molar-refractivity contribution in [2.45, 2.75) is 53.0 Å². The molecule has 1 aromatic heterocycles. The van der Waals surface area contributed by atoms with E-state index < -0.39 is 0 Å².